The third kappa shape index (κ3) is 6.61. The first kappa shape index (κ1) is 29.1. The lowest BCUT2D eigenvalue weighted by molar-refractivity contribution is -0.153. The van der Waals surface area contributed by atoms with Gasteiger partial charge in [0.2, 0.25) is 5.91 Å². The van der Waals surface area contributed by atoms with Crippen molar-refractivity contribution < 1.29 is 27.1 Å². The molecule has 4 aromatic rings. The molecule has 7 nitrogen and oxygen atoms in total. The maximum atomic E-state index is 13.7. The number of benzene rings is 2. The van der Waals surface area contributed by atoms with Crippen LogP contribution in [0.1, 0.15) is 29.9 Å². The van der Waals surface area contributed by atoms with Crippen LogP contribution in [-0.4, -0.2) is 50.4 Å². The third-order valence-electron chi connectivity index (χ3n) is 6.25. The number of halogens is 4. The summed E-state index contributed by atoms with van der Waals surface area (Å²) in [4.78, 5) is 37.5. The highest BCUT2D eigenvalue weighted by Crippen LogP contribution is 2.25. The molecule has 2 aromatic carbocycles. The summed E-state index contributed by atoms with van der Waals surface area (Å²) < 4.78 is 57.6. The predicted octanol–water partition coefficient (Wildman–Crippen LogP) is 5.23. The van der Waals surface area contributed by atoms with Gasteiger partial charge in [0.25, 0.3) is 5.56 Å². The minimum atomic E-state index is -4.50. The fourth-order valence-electron chi connectivity index (χ4n) is 4.30. The fraction of sp³-hybridized carbons (Fsp3) is 0.286. The Kier molecular flexibility index (Phi) is 8.77. The molecular weight excluding hydrogens is 548 g/mol. The van der Waals surface area contributed by atoms with E-state index in [1.807, 2.05) is 0 Å². The molecule has 0 N–H and O–H groups in total. The Morgan fingerprint density at radius 1 is 1.15 bits per heavy atom. The fourth-order valence-corrected chi connectivity index (χ4v) is 4.51. The van der Waals surface area contributed by atoms with Crippen molar-refractivity contribution in [2.75, 3.05) is 18.9 Å². The second kappa shape index (κ2) is 12.1. The Balaban J connectivity index is 1.75. The van der Waals surface area contributed by atoms with Gasteiger partial charge in [-0.3, -0.25) is 14.2 Å². The Hall–Kier alpha value is -3.93. The monoisotopic (exact) mass is 574 g/mol. The molecule has 0 fully saturated rings. The molecule has 0 aliphatic heterocycles. The first-order valence-corrected chi connectivity index (χ1v) is 12.9. The van der Waals surface area contributed by atoms with Gasteiger partial charge in [0.15, 0.2) is 12.3 Å². The van der Waals surface area contributed by atoms with Gasteiger partial charge >= 0.3 is 6.18 Å². The van der Waals surface area contributed by atoms with Crippen LogP contribution in [0.15, 0.2) is 65.6 Å². The SMILES string of the molecule is Cc1cc(CC(=O)N(CCS)[C@H](C)c2nc3ncccc3c(=O)n2-c2ccc(OCC(F)(F)F)cc2)ccc1F. The molecule has 2 heterocycles. The van der Waals surface area contributed by atoms with Crippen molar-refractivity contribution in [2.45, 2.75) is 32.5 Å². The quantitative estimate of drug-likeness (QED) is 0.219. The smallest absolute Gasteiger partial charge is 0.422 e. The summed E-state index contributed by atoms with van der Waals surface area (Å²) in [5, 5.41) is 0.227. The second-order valence-corrected chi connectivity index (χ2v) is 9.58. The molecule has 0 spiro atoms. The van der Waals surface area contributed by atoms with Crippen molar-refractivity contribution in [2.24, 2.45) is 0 Å². The van der Waals surface area contributed by atoms with Gasteiger partial charge in [0.1, 0.15) is 17.4 Å². The van der Waals surface area contributed by atoms with Gasteiger partial charge in [-0.25, -0.2) is 14.4 Å². The summed E-state index contributed by atoms with van der Waals surface area (Å²) in [5.41, 5.74) is 1.08. The standard InChI is InChI=1S/C28H26F4N4O3S/c1-17-14-19(5-10-23(17)29)15-24(37)35(12-13-40)18(2)26-34-25-22(4-3-11-33-25)27(38)36(26)20-6-8-21(9-7-20)39-16-28(30,31)32/h3-11,14,18,40H,12-13,15-16H2,1-2H3/t18-/m1/s1. The lowest BCUT2D eigenvalue weighted by Crippen LogP contribution is -2.39. The van der Waals surface area contributed by atoms with Gasteiger partial charge in [-0.2, -0.15) is 25.8 Å². The summed E-state index contributed by atoms with van der Waals surface area (Å²) >= 11 is 4.31. The van der Waals surface area contributed by atoms with Crippen LogP contribution in [0, 0.1) is 12.7 Å². The number of ether oxygens (including phenoxy) is 1. The highest BCUT2D eigenvalue weighted by molar-refractivity contribution is 7.80. The number of aryl methyl sites for hydroxylation is 1. The van der Waals surface area contributed by atoms with E-state index in [9.17, 15) is 27.2 Å². The molecule has 210 valence electrons. The number of amides is 1. The topological polar surface area (TPSA) is 77.3 Å². The van der Waals surface area contributed by atoms with E-state index in [0.29, 0.717) is 22.6 Å². The van der Waals surface area contributed by atoms with Crippen LogP contribution in [0.4, 0.5) is 17.6 Å². The van der Waals surface area contributed by atoms with E-state index in [0.717, 1.165) is 0 Å². The second-order valence-electron chi connectivity index (χ2n) is 9.13. The largest absolute Gasteiger partial charge is 0.484 e. The van der Waals surface area contributed by atoms with Crippen LogP contribution in [0.5, 0.6) is 5.75 Å². The zero-order valence-electron chi connectivity index (χ0n) is 21.7. The van der Waals surface area contributed by atoms with E-state index in [4.69, 9.17) is 4.74 Å². The number of pyridine rings is 1. The Labute approximate surface area is 232 Å². The summed E-state index contributed by atoms with van der Waals surface area (Å²) in [6, 6.07) is 12.4. The van der Waals surface area contributed by atoms with E-state index >= 15 is 0 Å². The number of hydrogen-bond acceptors (Lipinski definition) is 6. The minimum absolute atomic E-state index is 0.0134. The number of carbonyl (C=O) groups excluding carboxylic acids is 1. The molecule has 0 aliphatic carbocycles. The number of carbonyl (C=O) groups is 1. The molecule has 0 aliphatic rings. The average Bonchev–Trinajstić information content (AvgIpc) is 2.92. The van der Waals surface area contributed by atoms with E-state index in [1.54, 1.807) is 38.1 Å². The first-order chi connectivity index (χ1) is 19.0. The number of rotatable bonds is 9. The van der Waals surface area contributed by atoms with Crippen LogP contribution < -0.4 is 10.3 Å². The minimum Gasteiger partial charge on any atom is -0.484 e. The molecule has 2 aromatic heterocycles. The van der Waals surface area contributed by atoms with Crippen LogP contribution in [0.2, 0.25) is 0 Å². The number of hydrogen-bond donors (Lipinski definition) is 1. The van der Waals surface area contributed by atoms with Crippen molar-refractivity contribution in [3.05, 3.63) is 93.9 Å². The van der Waals surface area contributed by atoms with E-state index in [2.05, 4.69) is 22.6 Å². The van der Waals surface area contributed by atoms with Gasteiger partial charge in [-0.05, 0) is 67.4 Å². The summed E-state index contributed by atoms with van der Waals surface area (Å²) in [6.45, 7) is 2.10. The summed E-state index contributed by atoms with van der Waals surface area (Å²) in [6.07, 6.45) is -3.02. The highest BCUT2D eigenvalue weighted by atomic mass is 32.1. The normalized spacial score (nSPS) is 12.4. The van der Waals surface area contributed by atoms with Crippen molar-refractivity contribution in [1.82, 2.24) is 19.4 Å². The van der Waals surface area contributed by atoms with Crippen molar-refractivity contribution in [3.8, 4) is 11.4 Å². The molecular formula is C28H26F4N4O3S. The zero-order chi connectivity index (χ0) is 29.0. The van der Waals surface area contributed by atoms with E-state index in [1.165, 1.54) is 46.0 Å². The Morgan fingerprint density at radius 3 is 2.52 bits per heavy atom. The molecule has 1 atom stereocenters. The average molecular weight is 575 g/mol. The van der Waals surface area contributed by atoms with Gasteiger partial charge in [-0.1, -0.05) is 12.1 Å². The highest BCUT2D eigenvalue weighted by Gasteiger charge is 2.29. The lowest BCUT2D eigenvalue weighted by Gasteiger charge is -2.30. The number of nitrogens with zero attached hydrogens (tertiary/aromatic N) is 4. The predicted molar refractivity (Wildman–Crippen MR) is 146 cm³/mol. The molecule has 1 amide bonds. The van der Waals surface area contributed by atoms with Crippen molar-refractivity contribution in [3.63, 3.8) is 0 Å². The number of fused-ring (bicyclic) bond motifs is 1. The first-order valence-electron chi connectivity index (χ1n) is 12.3. The summed E-state index contributed by atoms with van der Waals surface area (Å²) in [5.74, 6) is -0.167. The number of aromatic nitrogens is 3. The van der Waals surface area contributed by atoms with Crippen LogP contribution >= 0.6 is 12.6 Å². The third-order valence-corrected chi connectivity index (χ3v) is 6.45. The maximum Gasteiger partial charge on any atom is 0.422 e. The molecule has 4 rings (SSSR count). The zero-order valence-corrected chi connectivity index (χ0v) is 22.5. The molecule has 40 heavy (non-hydrogen) atoms. The summed E-state index contributed by atoms with van der Waals surface area (Å²) in [7, 11) is 0. The molecule has 0 bridgehead atoms. The number of alkyl halides is 3. The molecule has 0 radical (unpaired) electrons. The van der Waals surface area contributed by atoms with Crippen LogP contribution in [0.3, 0.4) is 0 Å². The Bertz CT molecular complexity index is 1580. The Morgan fingerprint density at radius 2 is 1.88 bits per heavy atom. The van der Waals surface area contributed by atoms with Crippen LogP contribution in [-0.2, 0) is 11.2 Å². The van der Waals surface area contributed by atoms with Crippen molar-refractivity contribution >= 4 is 29.6 Å². The maximum absolute atomic E-state index is 13.7. The van der Waals surface area contributed by atoms with Gasteiger partial charge in [0.05, 0.1) is 23.5 Å². The van der Waals surface area contributed by atoms with Crippen LogP contribution in [0.25, 0.3) is 16.7 Å². The van der Waals surface area contributed by atoms with E-state index in [-0.39, 0.29) is 47.3 Å². The van der Waals surface area contributed by atoms with E-state index < -0.39 is 24.4 Å². The van der Waals surface area contributed by atoms with Gasteiger partial charge in [-0.15, -0.1) is 0 Å². The molecule has 12 heteroatoms. The lowest BCUT2D eigenvalue weighted by atomic mass is 10.1. The molecule has 0 unspecified atom stereocenters. The van der Waals surface area contributed by atoms with Gasteiger partial charge in [0, 0.05) is 18.5 Å². The molecule has 0 saturated carbocycles. The number of thiol groups is 1. The van der Waals surface area contributed by atoms with Gasteiger partial charge < -0.3 is 9.64 Å². The van der Waals surface area contributed by atoms with Crippen molar-refractivity contribution in [1.29, 1.82) is 0 Å². The molecule has 0 saturated heterocycles.